The van der Waals surface area contributed by atoms with E-state index >= 15 is 0 Å². The summed E-state index contributed by atoms with van der Waals surface area (Å²) in [5.41, 5.74) is 2.64. The molecule has 0 radical (unpaired) electrons. The Morgan fingerprint density at radius 1 is 1.16 bits per heavy atom. The number of rotatable bonds is 7. The van der Waals surface area contributed by atoms with Gasteiger partial charge >= 0.3 is 0 Å². The number of H-pyrrole nitrogens is 1. The number of hydrogen-bond donors (Lipinski definition) is 2. The van der Waals surface area contributed by atoms with Crippen LogP contribution >= 0.6 is 0 Å². The van der Waals surface area contributed by atoms with E-state index in [0.717, 1.165) is 47.5 Å². The SMILES string of the molecule is N#CCCNC1=NCCC(CC(CC#N)C2CCCC2)C=C1c1ncnc2[nH]ccc12. The van der Waals surface area contributed by atoms with Crippen molar-refractivity contribution in [2.45, 2.75) is 51.4 Å². The first kappa shape index (κ1) is 21.1. The molecule has 7 heteroatoms. The van der Waals surface area contributed by atoms with Crippen LogP contribution in [0, 0.1) is 40.4 Å². The van der Waals surface area contributed by atoms with E-state index in [1.54, 1.807) is 6.33 Å². The Hall–Kier alpha value is -3.19. The monoisotopic (exact) mass is 415 g/mol. The number of fused-ring (bicyclic) bond motifs is 1. The third kappa shape index (κ3) is 4.94. The normalized spacial score (nSPS) is 20.4. The highest BCUT2D eigenvalue weighted by molar-refractivity contribution is 6.24. The molecule has 1 saturated carbocycles. The smallest absolute Gasteiger partial charge is 0.141 e. The summed E-state index contributed by atoms with van der Waals surface area (Å²) in [6.45, 7) is 1.28. The molecule has 1 fully saturated rings. The fourth-order valence-corrected chi connectivity index (χ4v) is 5.05. The van der Waals surface area contributed by atoms with Crippen molar-refractivity contribution in [2.24, 2.45) is 22.7 Å². The largest absolute Gasteiger partial charge is 0.369 e. The number of nitrogens with one attached hydrogen (secondary N) is 2. The van der Waals surface area contributed by atoms with E-state index in [1.807, 2.05) is 12.3 Å². The van der Waals surface area contributed by atoms with Gasteiger partial charge in [0.25, 0.3) is 0 Å². The third-order valence-corrected chi connectivity index (χ3v) is 6.59. The lowest BCUT2D eigenvalue weighted by molar-refractivity contribution is 0.289. The topological polar surface area (TPSA) is 114 Å². The van der Waals surface area contributed by atoms with Crippen LogP contribution in [0.25, 0.3) is 16.6 Å². The molecule has 2 aromatic rings. The first-order chi connectivity index (χ1) is 15.3. The number of aliphatic imine (C=N–C) groups is 1. The molecule has 2 N–H and O–H groups in total. The highest BCUT2D eigenvalue weighted by atomic mass is 15.0. The Labute approximate surface area is 183 Å². The zero-order valence-corrected chi connectivity index (χ0v) is 17.8. The fourth-order valence-electron chi connectivity index (χ4n) is 5.05. The standard InChI is InChI=1S/C24H29N7/c25-9-3-11-27-24-21(22-20-8-13-29-23(20)31-16-30-22)15-17(7-12-28-24)14-19(6-10-26)18-4-1-2-5-18/h8,13,15-19H,1-7,11-12,14H2,(H,27,28)(H,29,30,31). The van der Waals surface area contributed by atoms with Crippen LogP contribution in [0.2, 0.25) is 0 Å². The predicted octanol–water partition coefficient (Wildman–Crippen LogP) is 4.37. The van der Waals surface area contributed by atoms with Gasteiger partial charge in [-0.25, -0.2) is 9.97 Å². The lowest BCUT2D eigenvalue weighted by Crippen LogP contribution is -2.26. The average molecular weight is 416 g/mol. The molecule has 1 aliphatic heterocycles. The van der Waals surface area contributed by atoms with E-state index in [1.165, 1.54) is 25.7 Å². The predicted molar refractivity (Wildman–Crippen MR) is 121 cm³/mol. The lowest BCUT2D eigenvalue weighted by atomic mass is 9.80. The summed E-state index contributed by atoms with van der Waals surface area (Å²) in [6.07, 6.45) is 13.9. The first-order valence-corrected chi connectivity index (χ1v) is 11.3. The zero-order valence-electron chi connectivity index (χ0n) is 17.8. The Balaban J connectivity index is 1.66. The molecule has 31 heavy (non-hydrogen) atoms. The second-order valence-electron chi connectivity index (χ2n) is 8.56. The molecule has 3 heterocycles. The van der Waals surface area contributed by atoms with Crippen LogP contribution in [0.3, 0.4) is 0 Å². The molecule has 0 saturated heterocycles. The first-order valence-electron chi connectivity index (χ1n) is 11.3. The van der Waals surface area contributed by atoms with Crippen LogP contribution in [0.4, 0.5) is 0 Å². The van der Waals surface area contributed by atoms with Gasteiger partial charge in [-0.15, -0.1) is 0 Å². The summed E-state index contributed by atoms with van der Waals surface area (Å²) in [7, 11) is 0. The van der Waals surface area contributed by atoms with E-state index in [0.29, 0.717) is 37.1 Å². The van der Waals surface area contributed by atoms with Gasteiger partial charge in [0.1, 0.15) is 17.8 Å². The molecule has 0 amide bonds. The minimum absolute atomic E-state index is 0.344. The van der Waals surface area contributed by atoms with Crippen molar-refractivity contribution < 1.29 is 0 Å². The minimum Gasteiger partial charge on any atom is -0.369 e. The van der Waals surface area contributed by atoms with E-state index in [2.05, 4.69) is 38.5 Å². The number of nitrogens with zero attached hydrogens (tertiary/aromatic N) is 5. The molecule has 2 unspecified atom stereocenters. The number of allylic oxidation sites excluding steroid dienone is 1. The van der Waals surface area contributed by atoms with Gasteiger partial charge in [0, 0.05) is 36.7 Å². The van der Waals surface area contributed by atoms with E-state index in [4.69, 9.17) is 10.3 Å². The summed E-state index contributed by atoms with van der Waals surface area (Å²) in [5, 5.41) is 22.7. The summed E-state index contributed by atoms with van der Waals surface area (Å²) < 4.78 is 0. The molecule has 0 spiro atoms. The maximum Gasteiger partial charge on any atom is 0.141 e. The molecular formula is C24H29N7. The minimum atomic E-state index is 0.344. The maximum atomic E-state index is 9.42. The van der Waals surface area contributed by atoms with Crippen molar-refractivity contribution in [2.75, 3.05) is 13.1 Å². The number of nitriles is 2. The molecular weight excluding hydrogens is 386 g/mol. The molecule has 2 aliphatic rings. The van der Waals surface area contributed by atoms with Crippen molar-refractivity contribution in [3.63, 3.8) is 0 Å². The van der Waals surface area contributed by atoms with Gasteiger partial charge < -0.3 is 10.3 Å². The number of hydrogen-bond acceptors (Lipinski definition) is 6. The molecule has 0 bridgehead atoms. The van der Waals surface area contributed by atoms with Crippen LogP contribution in [0.5, 0.6) is 0 Å². The van der Waals surface area contributed by atoms with Crippen molar-refractivity contribution in [1.29, 1.82) is 10.5 Å². The van der Waals surface area contributed by atoms with Gasteiger partial charge in [0.05, 0.1) is 24.3 Å². The van der Waals surface area contributed by atoms with Crippen molar-refractivity contribution >= 4 is 22.4 Å². The third-order valence-electron chi connectivity index (χ3n) is 6.59. The van der Waals surface area contributed by atoms with Crippen LogP contribution < -0.4 is 5.32 Å². The van der Waals surface area contributed by atoms with Crippen LogP contribution in [0.1, 0.15) is 57.1 Å². The van der Waals surface area contributed by atoms with Crippen molar-refractivity contribution in [1.82, 2.24) is 20.3 Å². The van der Waals surface area contributed by atoms with Crippen LogP contribution in [-0.2, 0) is 0 Å². The van der Waals surface area contributed by atoms with Crippen molar-refractivity contribution in [3.05, 3.63) is 30.4 Å². The Kier molecular flexibility index (Phi) is 6.94. The van der Waals surface area contributed by atoms with Crippen LogP contribution in [0.15, 0.2) is 29.7 Å². The molecule has 2 atom stereocenters. The van der Waals surface area contributed by atoms with Gasteiger partial charge in [-0.05, 0) is 36.7 Å². The second kappa shape index (κ2) is 10.2. The fraction of sp³-hybridized carbons (Fsp3) is 0.542. The summed E-state index contributed by atoms with van der Waals surface area (Å²) in [6, 6.07) is 6.62. The highest BCUT2D eigenvalue weighted by Crippen LogP contribution is 2.38. The molecule has 160 valence electrons. The maximum absolute atomic E-state index is 9.42. The number of amidine groups is 1. The van der Waals surface area contributed by atoms with Gasteiger partial charge in [-0.1, -0.05) is 31.8 Å². The second-order valence-corrected chi connectivity index (χ2v) is 8.56. The van der Waals surface area contributed by atoms with Gasteiger partial charge in [0.15, 0.2) is 0 Å². The zero-order chi connectivity index (χ0) is 21.5. The molecule has 2 aromatic heterocycles. The van der Waals surface area contributed by atoms with Gasteiger partial charge in [0.2, 0.25) is 0 Å². The van der Waals surface area contributed by atoms with Crippen molar-refractivity contribution in [3.8, 4) is 12.1 Å². The lowest BCUT2D eigenvalue weighted by Gasteiger charge is -2.24. The van der Waals surface area contributed by atoms with E-state index in [-0.39, 0.29) is 0 Å². The Morgan fingerprint density at radius 2 is 2.03 bits per heavy atom. The quantitative estimate of drug-likeness (QED) is 0.652. The Bertz CT molecular complexity index is 1030. The molecule has 4 rings (SSSR count). The number of aromatic amines is 1. The van der Waals surface area contributed by atoms with Gasteiger partial charge in [-0.2, -0.15) is 10.5 Å². The number of aromatic nitrogens is 3. The summed E-state index contributed by atoms with van der Waals surface area (Å²) in [5.74, 6) is 2.26. The molecule has 0 aromatic carbocycles. The van der Waals surface area contributed by atoms with E-state index in [9.17, 15) is 5.26 Å². The van der Waals surface area contributed by atoms with Crippen LogP contribution in [-0.4, -0.2) is 33.9 Å². The highest BCUT2D eigenvalue weighted by Gasteiger charge is 2.28. The molecule has 7 nitrogen and oxygen atoms in total. The van der Waals surface area contributed by atoms with Gasteiger partial charge in [-0.3, -0.25) is 4.99 Å². The molecule has 1 aliphatic carbocycles. The summed E-state index contributed by atoms with van der Waals surface area (Å²) in [4.78, 5) is 16.9. The Morgan fingerprint density at radius 3 is 2.84 bits per heavy atom. The van der Waals surface area contributed by atoms with E-state index < -0.39 is 0 Å². The average Bonchev–Trinajstić information content (AvgIpc) is 3.44. The summed E-state index contributed by atoms with van der Waals surface area (Å²) >= 11 is 0.